The third kappa shape index (κ3) is 8.68. The lowest BCUT2D eigenvalue weighted by atomic mass is 10.2. The zero-order chi connectivity index (χ0) is 12.2. The van der Waals surface area contributed by atoms with Gasteiger partial charge in [-0.05, 0) is 19.4 Å². The average molecular weight is 231 g/mol. The Balaban J connectivity index is 3.17. The molecule has 1 unspecified atom stereocenters. The molecule has 0 heterocycles. The fourth-order valence-corrected chi connectivity index (χ4v) is 1.25. The number of nitrogens with one attached hydrogen (secondary N) is 1. The van der Waals surface area contributed by atoms with E-state index in [1.54, 1.807) is 0 Å². The zero-order valence-electron chi connectivity index (χ0n) is 10.8. The van der Waals surface area contributed by atoms with Gasteiger partial charge in [-0.15, -0.1) is 0 Å². The van der Waals surface area contributed by atoms with E-state index < -0.39 is 0 Å². The number of hydrogen-bond donors (Lipinski definition) is 1. The van der Waals surface area contributed by atoms with E-state index in [0.717, 1.165) is 32.6 Å². The second kappa shape index (κ2) is 10.9. The van der Waals surface area contributed by atoms with E-state index in [0.29, 0.717) is 6.54 Å². The number of unbranched alkanes of at least 4 members (excludes halogenated alkanes) is 1. The number of hydrogen-bond acceptors (Lipinski definition) is 4. The molecule has 0 aromatic heterocycles. The van der Waals surface area contributed by atoms with Crippen molar-refractivity contribution in [1.29, 1.82) is 0 Å². The van der Waals surface area contributed by atoms with Gasteiger partial charge < -0.3 is 14.8 Å². The van der Waals surface area contributed by atoms with Crippen LogP contribution >= 0.6 is 0 Å². The maximum Gasteiger partial charge on any atom is 0.309 e. The standard InChI is InChI=1S/C12H25NO3/c1-4-5-8-16-9-6-7-13-10-11(2)12(14)15-3/h11,13H,4-10H2,1-3H3. The molecule has 0 aromatic rings. The highest BCUT2D eigenvalue weighted by Crippen LogP contribution is 1.95. The predicted molar refractivity (Wildman–Crippen MR) is 64.4 cm³/mol. The maximum atomic E-state index is 11.1. The lowest BCUT2D eigenvalue weighted by Crippen LogP contribution is -2.28. The third-order valence-electron chi connectivity index (χ3n) is 2.34. The van der Waals surface area contributed by atoms with Crippen molar-refractivity contribution >= 4 is 5.97 Å². The summed E-state index contributed by atoms with van der Waals surface area (Å²) in [7, 11) is 1.42. The molecular formula is C12H25NO3. The topological polar surface area (TPSA) is 47.6 Å². The van der Waals surface area contributed by atoms with Crippen molar-refractivity contribution in [3.8, 4) is 0 Å². The van der Waals surface area contributed by atoms with Gasteiger partial charge in [-0.2, -0.15) is 0 Å². The van der Waals surface area contributed by atoms with Crippen LogP contribution in [0.2, 0.25) is 0 Å². The summed E-state index contributed by atoms with van der Waals surface area (Å²) in [5, 5.41) is 3.21. The van der Waals surface area contributed by atoms with Gasteiger partial charge in [-0.3, -0.25) is 4.79 Å². The first-order valence-corrected chi connectivity index (χ1v) is 6.08. The van der Waals surface area contributed by atoms with Crippen LogP contribution in [0.1, 0.15) is 33.1 Å². The van der Waals surface area contributed by atoms with Gasteiger partial charge in [0.25, 0.3) is 0 Å². The molecule has 0 aliphatic rings. The summed E-state index contributed by atoms with van der Waals surface area (Å²) in [5.74, 6) is -0.238. The smallest absolute Gasteiger partial charge is 0.309 e. The number of rotatable bonds is 10. The van der Waals surface area contributed by atoms with Gasteiger partial charge in [0.05, 0.1) is 13.0 Å². The average Bonchev–Trinajstić information content (AvgIpc) is 2.31. The predicted octanol–water partition coefficient (Wildman–Crippen LogP) is 1.59. The highest BCUT2D eigenvalue weighted by Gasteiger charge is 2.11. The molecule has 1 atom stereocenters. The molecule has 0 fully saturated rings. The fraction of sp³-hybridized carbons (Fsp3) is 0.917. The molecule has 0 saturated heterocycles. The summed E-state index contributed by atoms with van der Waals surface area (Å²) in [6.07, 6.45) is 3.29. The molecule has 0 saturated carbocycles. The van der Waals surface area contributed by atoms with Gasteiger partial charge in [0.15, 0.2) is 0 Å². The van der Waals surface area contributed by atoms with Crippen LogP contribution in [-0.2, 0) is 14.3 Å². The van der Waals surface area contributed by atoms with Gasteiger partial charge in [0.2, 0.25) is 0 Å². The van der Waals surface area contributed by atoms with E-state index in [2.05, 4.69) is 17.0 Å². The second-order valence-corrected chi connectivity index (χ2v) is 3.95. The third-order valence-corrected chi connectivity index (χ3v) is 2.34. The molecule has 0 bridgehead atoms. The Bertz CT molecular complexity index is 174. The van der Waals surface area contributed by atoms with Gasteiger partial charge in [-0.1, -0.05) is 20.3 Å². The van der Waals surface area contributed by atoms with E-state index in [1.807, 2.05) is 6.92 Å². The van der Waals surface area contributed by atoms with Crippen LogP contribution in [0.25, 0.3) is 0 Å². The highest BCUT2D eigenvalue weighted by molar-refractivity contribution is 5.71. The lowest BCUT2D eigenvalue weighted by Gasteiger charge is -2.10. The van der Waals surface area contributed by atoms with Crippen LogP contribution < -0.4 is 5.32 Å². The number of ether oxygens (including phenoxy) is 2. The molecule has 0 amide bonds. The fourth-order valence-electron chi connectivity index (χ4n) is 1.25. The normalized spacial score (nSPS) is 12.4. The molecule has 0 radical (unpaired) electrons. The summed E-state index contributed by atoms with van der Waals surface area (Å²) in [6, 6.07) is 0. The molecule has 96 valence electrons. The van der Waals surface area contributed by atoms with E-state index in [1.165, 1.54) is 13.5 Å². The number of esters is 1. The first-order valence-electron chi connectivity index (χ1n) is 6.08. The monoisotopic (exact) mass is 231 g/mol. The summed E-state index contributed by atoms with van der Waals surface area (Å²) in [6.45, 7) is 7.21. The molecule has 0 aliphatic heterocycles. The van der Waals surface area contributed by atoms with Crippen LogP contribution in [0, 0.1) is 5.92 Å². The number of methoxy groups -OCH3 is 1. The van der Waals surface area contributed by atoms with Crippen molar-refractivity contribution in [2.45, 2.75) is 33.1 Å². The molecule has 0 rings (SSSR count). The van der Waals surface area contributed by atoms with Crippen LogP contribution in [0.3, 0.4) is 0 Å². The van der Waals surface area contributed by atoms with Gasteiger partial charge in [0.1, 0.15) is 0 Å². The summed E-state index contributed by atoms with van der Waals surface area (Å²) < 4.78 is 10.0. The largest absolute Gasteiger partial charge is 0.469 e. The number of carbonyl (C=O) groups is 1. The number of carbonyl (C=O) groups excluding carboxylic acids is 1. The van der Waals surface area contributed by atoms with E-state index in [4.69, 9.17) is 4.74 Å². The minimum atomic E-state index is -0.160. The lowest BCUT2D eigenvalue weighted by molar-refractivity contribution is -0.144. The Morgan fingerprint density at radius 3 is 2.62 bits per heavy atom. The van der Waals surface area contributed by atoms with E-state index in [-0.39, 0.29) is 11.9 Å². The molecule has 1 N–H and O–H groups in total. The summed E-state index contributed by atoms with van der Waals surface area (Å²) in [5.41, 5.74) is 0. The summed E-state index contributed by atoms with van der Waals surface area (Å²) in [4.78, 5) is 11.1. The van der Waals surface area contributed by atoms with Crippen LogP contribution in [0.5, 0.6) is 0 Å². The van der Waals surface area contributed by atoms with Crippen molar-refractivity contribution in [2.75, 3.05) is 33.4 Å². The summed E-state index contributed by atoms with van der Waals surface area (Å²) >= 11 is 0. The first-order chi connectivity index (χ1) is 7.72. The van der Waals surface area contributed by atoms with Crippen LogP contribution in [0.4, 0.5) is 0 Å². The maximum absolute atomic E-state index is 11.1. The molecule has 0 aromatic carbocycles. The SMILES string of the molecule is CCCCOCCCNCC(C)C(=O)OC. The van der Waals surface area contributed by atoms with Gasteiger partial charge >= 0.3 is 5.97 Å². The van der Waals surface area contributed by atoms with Crippen molar-refractivity contribution in [1.82, 2.24) is 5.32 Å². The molecule has 4 nitrogen and oxygen atoms in total. The van der Waals surface area contributed by atoms with E-state index in [9.17, 15) is 4.79 Å². The zero-order valence-corrected chi connectivity index (χ0v) is 10.8. The Kier molecular flexibility index (Phi) is 10.5. The molecule has 0 spiro atoms. The highest BCUT2D eigenvalue weighted by atomic mass is 16.5. The van der Waals surface area contributed by atoms with Crippen LogP contribution in [-0.4, -0.2) is 39.4 Å². The van der Waals surface area contributed by atoms with Gasteiger partial charge in [0, 0.05) is 19.8 Å². The Morgan fingerprint density at radius 1 is 1.31 bits per heavy atom. The Labute approximate surface area is 98.7 Å². The van der Waals surface area contributed by atoms with Crippen LogP contribution in [0.15, 0.2) is 0 Å². The second-order valence-electron chi connectivity index (χ2n) is 3.95. The minimum absolute atomic E-state index is 0.0778. The van der Waals surface area contributed by atoms with E-state index >= 15 is 0 Å². The molecular weight excluding hydrogens is 206 g/mol. The van der Waals surface area contributed by atoms with Crippen molar-refractivity contribution in [2.24, 2.45) is 5.92 Å². The molecule has 0 aliphatic carbocycles. The van der Waals surface area contributed by atoms with Gasteiger partial charge in [-0.25, -0.2) is 0 Å². The Morgan fingerprint density at radius 2 is 2.00 bits per heavy atom. The van der Waals surface area contributed by atoms with Crippen molar-refractivity contribution in [3.63, 3.8) is 0 Å². The quantitative estimate of drug-likeness (QED) is 0.458. The van der Waals surface area contributed by atoms with Crippen molar-refractivity contribution < 1.29 is 14.3 Å². The van der Waals surface area contributed by atoms with Crippen molar-refractivity contribution in [3.05, 3.63) is 0 Å². The first kappa shape index (κ1) is 15.4. The Hall–Kier alpha value is -0.610. The molecule has 4 heteroatoms. The minimum Gasteiger partial charge on any atom is -0.469 e. The molecule has 16 heavy (non-hydrogen) atoms.